The molecule has 0 N–H and O–H groups in total. The van der Waals surface area contributed by atoms with Gasteiger partial charge in [0.15, 0.2) is 0 Å². The van der Waals surface area contributed by atoms with Gasteiger partial charge < -0.3 is 14.5 Å². The molecule has 0 saturated carbocycles. The number of likely N-dealkylation sites (tertiary alicyclic amines) is 1. The third kappa shape index (κ3) is 4.30. The summed E-state index contributed by atoms with van der Waals surface area (Å²) in [5.74, 6) is 0.997. The second kappa shape index (κ2) is 8.56. The van der Waals surface area contributed by atoms with E-state index in [-0.39, 0.29) is 11.5 Å². The van der Waals surface area contributed by atoms with Crippen LogP contribution in [0.2, 0.25) is 5.02 Å². The van der Waals surface area contributed by atoms with Crippen LogP contribution in [0.4, 0.5) is 5.69 Å². The first-order chi connectivity index (χ1) is 15.1. The van der Waals surface area contributed by atoms with Crippen molar-refractivity contribution in [3.63, 3.8) is 0 Å². The van der Waals surface area contributed by atoms with Crippen molar-refractivity contribution < 1.29 is 9.53 Å². The van der Waals surface area contributed by atoms with E-state index >= 15 is 0 Å². The van der Waals surface area contributed by atoms with Crippen molar-refractivity contribution in [1.82, 2.24) is 4.90 Å². The molecule has 3 heterocycles. The van der Waals surface area contributed by atoms with Gasteiger partial charge in [-0.2, -0.15) is 0 Å². The lowest BCUT2D eigenvalue weighted by atomic mass is 9.87. The predicted octanol–water partition coefficient (Wildman–Crippen LogP) is 5.87. The molecule has 31 heavy (non-hydrogen) atoms. The number of piperidine rings is 1. The van der Waals surface area contributed by atoms with Crippen molar-refractivity contribution in [2.24, 2.45) is 0 Å². The minimum Gasteiger partial charge on any atom is -0.485 e. The second-order valence-electron chi connectivity index (χ2n) is 8.31. The Bertz CT molecular complexity index is 1060. The van der Waals surface area contributed by atoms with E-state index in [1.165, 1.54) is 4.88 Å². The van der Waals surface area contributed by atoms with Gasteiger partial charge in [-0.25, -0.2) is 0 Å². The summed E-state index contributed by atoms with van der Waals surface area (Å²) in [4.78, 5) is 18.7. The normalized spacial score (nSPS) is 17.7. The topological polar surface area (TPSA) is 32.8 Å². The maximum absolute atomic E-state index is 12.9. The van der Waals surface area contributed by atoms with Gasteiger partial charge in [0.05, 0.1) is 12.2 Å². The minimum absolute atomic E-state index is 0.0469. The number of benzene rings is 2. The Hall–Kier alpha value is -2.50. The third-order valence-electron chi connectivity index (χ3n) is 6.33. The van der Waals surface area contributed by atoms with Crippen molar-refractivity contribution in [3.05, 3.63) is 81.5 Å². The molecule has 0 bridgehead atoms. The molecular weight excluding hydrogens is 428 g/mol. The number of nitrogens with zero attached hydrogens (tertiary/aromatic N) is 2. The Morgan fingerprint density at radius 3 is 2.58 bits per heavy atom. The lowest BCUT2D eigenvalue weighted by Crippen LogP contribution is -2.50. The molecule has 1 fully saturated rings. The van der Waals surface area contributed by atoms with Crippen LogP contribution in [0.1, 0.15) is 34.5 Å². The Labute approximate surface area is 192 Å². The second-order valence-corrected chi connectivity index (χ2v) is 9.77. The van der Waals surface area contributed by atoms with Crippen LogP contribution >= 0.6 is 22.9 Å². The molecule has 1 spiro atoms. The van der Waals surface area contributed by atoms with Crippen LogP contribution in [0.15, 0.2) is 66.0 Å². The fourth-order valence-electron chi connectivity index (χ4n) is 4.58. The van der Waals surface area contributed by atoms with Crippen molar-refractivity contribution in [1.29, 1.82) is 0 Å². The summed E-state index contributed by atoms with van der Waals surface area (Å²) >= 11 is 7.87. The summed E-state index contributed by atoms with van der Waals surface area (Å²) in [5.41, 5.74) is 1.58. The number of rotatable bonds is 3. The molecule has 2 aliphatic heterocycles. The molecule has 6 heteroatoms. The molecule has 0 radical (unpaired) electrons. The molecule has 1 aromatic heterocycles. The lowest BCUT2D eigenvalue weighted by Gasteiger charge is -2.41. The molecule has 1 saturated heterocycles. The number of para-hydroxylation sites is 2. The van der Waals surface area contributed by atoms with Gasteiger partial charge in [-0.1, -0.05) is 35.9 Å². The van der Waals surface area contributed by atoms with Gasteiger partial charge in [-0.3, -0.25) is 4.79 Å². The van der Waals surface area contributed by atoms with Crippen LogP contribution < -0.4 is 9.64 Å². The number of anilines is 1. The quantitative estimate of drug-likeness (QED) is 0.498. The lowest BCUT2D eigenvalue weighted by molar-refractivity contribution is 0.00239. The number of hydrogen-bond acceptors (Lipinski definition) is 4. The first-order valence-electron chi connectivity index (χ1n) is 10.7. The third-order valence-corrected chi connectivity index (χ3v) is 7.43. The van der Waals surface area contributed by atoms with Crippen molar-refractivity contribution in [2.75, 3.05) is 24.5 Å². The predicted molar refractivity (Wildman–Crippen MR) is 126 cm³/mol. The average Bonchev–Trinajstić information content (AvgIpc) is 3.25. The molecule has 0 unspecified atom stereocenters. The van der Waals surface area contributed by atoms with E-state index in [0.717, 1.165) is 43.8 Å². The Kier molecular flexibility index (Phi) is 5.63. The van der Waals surface area contributed by atoms with Gasteiger partial charge >= 0.3 is 0 Å². The minimum atomic E-state index is -0.231. The number of hydrogen-bond donors (Lipinski definition) is 0. The van der Waals surface area contributed by atoms with E-state index in [0.29, 0.717) is 23.7 Å². The smallest absolute Gasteiger partial charge is 0.253 e. The molecule has 0 atom stereocenters. The van der Waals surface area contributed by atoms with Crippen LogP contribution in [0.3, 0.4) is 0 Å². The van der Waals surface area contributed by atoms with Crippen LogP contribution in [-0.4, -0.2) is 36.0 Å². The molecule has 2 aliphatic rings. The Morgan fingerprint density at radius 2 is 1.81 bits per heavy atom. The zero-order valence-corrected chi connectivity index (χ0v) is 18.9. The first kappa shape index (κ1) is 20.4. The van der Waals surface area contributed by atoms with E-state index in [1.54, 1.807) is 23.5 Å². The van der Waals surface area contributed by atoms with Gasteiger partial charge in [0.1, 0.15) is 11.4 Å². The fourth-order valence-corrected chi connectivity index (χ4v) is 5.49. The monoisotopic (exact) mass is 452 g/mol. The SMILES string of the molecule is O=C(c1cccc(Cl)c1)N1CCC2(CC1)CCN(Cc1cccs1)c1ccccc1O2. The summed E-state index contributed by atoms with van der Waals surface area (Å²) in [5, 5.41) is 2.72. The van der Waals surface area contributed by atoms with E-state index in [9.17, 15) is 4.79 Å². The van der Waals surface area contributed by atoms with E-state index in [2.05, 4.69) is 40.6 Å². The van der Waals surface area contributed by atoms with Crippen LogP contribution in [0, 0.1) is 0 Å². The molecule has 4 nitrogen and oxygen atoms in total. The molecule has 5 rings (SSSR count). The van der Waals surface area contributed by atoms with Gasteiger partial charge in [-0.15, -0.1) is 11.3 Å². The number of fused-ring (bicyclic) bond motifs is 1. The average molecular weight is 453 g/mol. The molecule has 0 aliphatic carbocycles. The van der Waals surface area contributed by atoms with E-state index in [1.807, 2.05) is 23.1 Å². The summed E-state index contributed by atoms with van der Waals surface area (Å²) in [6, 6.07) is 19.8. The molecule has 3 aromatic rings. The van der Waals surface area contributed by atoms with E-state index < -0.39 is 0 Å². The highest BCUT2D eigenvalue weighted by Gasteiger charge is 2.40. The van der Waals surface area contributed by atoms with Crippen LogP contribution in [-0.2, 0) is 6.54 Å². The highest BCUT2D eigenvalue weighted by molar-refractivity contribution is 7.09. The molecule has 1 amide bonds. The van der Waals surface area contributed by atoms with Gasteiger partial charge in [0.25, 0.3) is 5.91 Å². The van der Waals surface area contributed by atoms with Gasteiger partial charge in [0, 0.05) is 54.4 Å². The van der Waals surface area contributed by atoms with Crippen molar-refractivity contribution in [3.8, 4) is 5.75 Å². The van der Waals surface area contributed by atoms with Crippen molar-refractivity contribution in [2.45, 2.75) is 31.4 Å². The summed E-state index contributed by atoms with van der Waals surface area (Å²) in [6.07, 6.45) is 2.62. The summed E-state index contributed by atoms with van der Waals surface area (Å²) in [7, 11) is 0. The largest absolute Gasteiger partial charge is 0.485 e. The van der Waals surface area contributed by atoms with Crippen LogP contribution in [0.5, 0.6) is 5.75 Å². The maximum atomic E-state index is 12.9. The van der Waals surface area contributed by atoms with Gasteiger partial charge in [0.2, 0.25) is 0 Å². The number of carbonyl (C=O) groups is 1. The standard InChI is InChI=1S/C25H25ClN2O2S/c26-20-6-3-5-19(17-20)24(29)27-13-10-25(11-14-27)12-15-28(18-21-7-4-16-31-21)22-8-1-2-9-23(22)30-25/h1-9,16-17H,10-15,18H2. The first-order valence-corrected chi connectivity index (χ1v) is 12.0. The fraction of sp³-hybridized carbons (Fsp3) is 0.320. The van der Waals surface area contributed by atoms with Crippen LogP contribution in [0.25, 0.3) is 0 Å². The Morgan fingerprint density at radius 1 is 1.00 bits per heavy atom. The number of carbonyl (C=O) groups excluding carboxylic acids is 1. The number of amides is 1. The Balaban J connectivity index is 1.32. The zero-order valence-electron chi connectivity index (χ0n) is 17.3. The summed E-state index contributed by atoms with van der Waals surface area (Å²) in [6.45, 7) is 3.22. The number of halogens is 1. The number of thiophene rings is 1. The molecular formula is C25H25ClN2O2S. The number of ether oxygens (including phenoxy) is 1. The highest BCUT2D eigenvalue weighted by atomic mass is 35.5. The molecule has 160 valence electrons. The zero-order chi connectivity index (χ0) is 21.3. The summed E-state index contributed by atoms with van der Waals surface area (Å²) < 4.78 is 6.69. The van der Waals surface area contributed by atoms with Crippen molar-refractivity contribution >= 4 is 34.5 Å². The maximum Gasteiger partial charge on any atom is 0.253 e. The highest BCUT2D eigenvalue weighted by Crippen LogP contribution is 2.41. The van der Waals surface area contributed by atoms with Gasteiger partial charge in [-0.05, 0) is 41.8 Å². The molecule has 2 aromatic carbocycles. The van der Waals surface area contributed by atoms with E-state index in [4.69, 9.17) is 16.3 Å².